The smallest absolute Gasteiger partial charge is 0.0931 e. The fourth-order valence-electron chi connectivity index (χ4n) is 2.10. The molecule has 2 atom stereocenters. The molecule has 2 unspecified atom stereocenters. The molecule has 2 N–H and O–H groups in total. The number of halogens is 1. The molecule has 0 bridgehead atoms. The predicted molar refractivity (Wildman–Crippen MR) is 71.3 cm³/mol. The standard InChI is InChI=1S/C12H19ClN2S/c1-9(11-4-5-12(13)16-11)15-8-10-3-2-6-14-7-10/h4-5,9-10,14-15H,2-3,6-8H2,1H3. The molecule has 0 radical (unpaired) electrons. The van der Waals surface area contributed by atoms with Gasteiger partial charge in [0.25, 0.3) is 0 Å². The number of piperidine rings is 1. The summed E-state index contributed by atoms with van der Waals surface area (Å²) in [5, 5.41) is 7.04. The van der Waals surface area contributed by atoms with E-state index in [1.807, 2.05) is 6.07 Å². The van der Waals surface area contributed by atoms with Crippen molar-refractivity contribution in [3.05, 3.63) is 21.3 Å². The van der Waals surface area contributed by atoms with Gasteiger partial charge in [-0.25, -0.2) is 0 Å². The van der Waals surface area contributed by atoms with Gasteiger partial charge in [-0.1, -0.05) is 11.6 Å². The molecule has 0 aromatic carbocycles. The summed E-state index contributed by atoms with van der Waals surface area (Å²) in [5.41, 5.74) is 0. The van der Waals surface area contributed by atoms with Gasteiger partial charge in [0.1, 0.15) is 0 Å². The average Bonchev–Trinajstić information content (AvgIpc) is 2.74. The largest absolute Gasteiger partial charge is 0.316 e. The molecule has 1 aromatic rings. The molecule has 2 rings (SSSR count). The first kappa shape index (κ1) is 12.4. The number of thiophene rings is 1. The van der Waals surface area contributed by atoms with Gasteiger partial charge in [0.15, 0.2) is 0 Å². The molecule has 1 aliphatic rings. The highest BCUT2D eigenvalue weighted by atomic mass is 35.5. The van der Waals surface area contributed by atoms with Crippen molar-refractivity contribution >= 4 is 22.9 Å². The molecule has 4 heteroatoms. The van der Waals surface area contributed by atoms with E-state index in [0.717, 1.165) is 23.3 Å². The molecule has 0 amide bonds. The van der Waals surface area contributed by atoms with Gasteiger partial charge in [-0.15, -0.1) is 11.3 Å². The summed E-state index contributed by atoms with van der Waals surface area (Å²) in [6, 6.07) is 4.51. The molecular formula is C12H19ClN2S. The summed E-state index contributed by atoms with van der Waals surface area (Å²) in [7, 11) is 0. The van der Waals surface area contributed by atoms with Gasteiger partial charge in [-0.3, -0.25) is 0 Å². The second-order valence-electron chi connectivity index (χ2n) is 4.48. The third kappa shape index (κ3) is 3.45. The van der Waals surface area contributed by atoms with E-state index < -0.39 is 0 Å². The van der Waals surface area contributed by atoms with Crippen LogP contribution < -0.4 is 10.6 Å². The Hall–Kier alpha value is -0.0900. The molecule has 90 valence electrons. The van der Waals surface area contributed by atoms with Gasteiger partial charge in [-0.2, -0.15) is 0 Å². The third-order valence-electron chi connectivity index (χ3n) is 3.13. The molecular weight excluding hydrogens is 240 g/mol. The van der Waals surface area contributed by atoms with E-state index in [2.05, 4.69) is 23.6 Å². The minimum absolute atomic E-state index is 0.416. The first-order valence-corrected chi connectivity index (χ1v) is 7.14. The molecule has 0 spiro atoms. The number of hydrogen-bond donors (Lipinski definition) is 2. The Morgan fingerprint density at radius 3 is 3.12 bits per heavy atom. The van der Waals surface area contributed by atoms with Gasteiger partial charge < -0.3 is 10.6 Å². The van der Waals surface area contributed by atoms with Crippen LogP contribution in [0.1, 0.15) is 30.7 Å². The summed E-state index contributed by atoms with van der Waals surface area (Å²) in [6.45, 7) is 5.65. The van der Waals surface area contributed by atoms with E-state index in [1.165, 1.54) is 24.3 Å². The number of nitrogens with one attached hydrogen (secondary N) is 2. The molecule has 16 heavy (non-hydrogen) atoms. The highest BCUT2D eigenvalue weighted by Gasteiger charge is 2.14. The topological polar surface area (TPSA) is 24.1 Å². The Kier molecular flexibility index (Phi) is 4.65. The lowest BCUT2D eigenvalue weighted by Crippen LogP contribution is -2.36. The lowest BCUT2D eigenvalue weighted by molar-refractivity contribution is 0.349. The highest BCUT2D eigenvalue weighted by molar-refractivity contribution is 7.16. The van der Waals surface area contributed by atoms with Crippen LogP contribution in [0.15, 0.2) is 12.1 Å². The molecule has 1 saturated heterocycles. The Morgan fingerprint density at radius 1 is 1.62 bits per heavy atom. The van der Waals surface area contributed by atoms with E-state index in [0.29, 0.717) is 6.04 Å². The predicted octanol–water partition coefficient (Wildman–Crippen LogP) is 3.05. The van der Waals surface area contributed by atoms with Gasteiger partial charge >= 0.3 is 0 Å². The van der Waals surface area contributed by atoms with Crippen molar-refractivity contribution in [1.82, 2.24) is 10.6 Å². The molecule has 2 heterocycles. The first-order chi connectivity index (χ1) is 7.75. The van der Waals surface area contributed by atoms with Crippen molar-refractivity contribution in [2.75, 3.05) is 19.6 Å². The normalized spacial score (nSPS) is 23.2. The zero-order valence-electron chi connectivity index (χ0n) is 9.63. The van der Waals surface area contributed by atoms with E-state index in [9.17, 15) is 0 Å². The summed E-state index contributed by atoms with van der Waals surface area (Å²) >= 11 is 7.60. The van der Waals surface area contributed by atoms with Crippen LogP contribution in [0.5, 0.6) is 0 Å². The Morgan fingerprint density at radius 2 is 2.50 bits per heavy atom. The second kappa shape index (κ2) is 6.01. The summed E-state index contributed by atoms with van der Waals surface area (Å²) in [5.74, 6) is 0.784. The van der Waals surface area contributed by atoms with Crippen molar-refractivity contribution in [1.29, 1.82) is 0 Å². The van der Waals surface area contributed by atoms with Crippen LogP contribution in [0.2, 0.25) is 4.34 Å². The monoisotopic (exact) mass is 258 g/mol. The lowest BCUT2D eigenvalue weighted by Gasteiger charge is -2.24. The van der Waals surface area contributed by atoms with Gasteiger partial charge in [0.2, 0.25) is 0 Å². The van der Waals surface area contributed by atoms with Crippen LogP contribution in [-0.2, 0) is 0 Å². The third-order valence-corrected chi connectivity index (χ3v) is 4.55. The van der Waals surface area contributed by atoms with Crippen molar-refractivity contribution < 1.29 is 0 Å². The molecule has 0 saturated carbocycles. The zero-order valence-corrected chi connectivity index (χ0v) is 11.2. The van der Waals surface area contributed by atoms with Crippen LogP contribution in [0.25, 0.3) is 0 Å². The summed E-state index contributed by atoms with van der Waals surface area (Å²) < 4.78 is 0.878. The Balaban J connectivity index is 1.76. The summed E-state index contributed by atoms with van der Waals surface area (Å²) in [6.07, 6.45) is 2.66. The van der Waals surface area contributed by atoms with E-state index in [-0.39, 0.29) is 0 Å². The molecule has 1 aromatic heterocycles. The van der Waals surface area contributed by atoms with E-state index >= 15 is 0 Å². The van der Waals surface area contributed by atoms with Crippen LogP contribution in [0, 0.1) is 5.92 Å². The molecule has 1 fully saturated rings. The van der Waals surface area contributed by atoms with Crippen molar-refractivity contribution in [3.8, 4) is 0 Å². The zero-order chi connectivity index (χ0) is 11.4. The summed E-state index contributed by atoms with van der Waals surface area (Å²) in [4.78, 5) is 1.33. The van der Waals surface area contributed by atoms with Crippen LogP contribution in [0.3, 0.4) is 0 Å². The number of rotatable bonds is 4. The van der Waals surface area contributed by atoms with Crippen molar-refractivity contribution in [2.24, 2.45) is 5.92 Å². The SMILES string of the molecule is CC(NCC1CCCNC1)c1ccc(Cl)s1. The highest BCUT2D eigenvalue weighted by Crippen LogP contribution is 2.26. The van der Waals surface area contributed by atoms with Crippen LogP contribution in [-0.4, -0.2) is 19.6 Å². The average molecular weight is 259 g/mol. The van der Waals surface area contributed by atoms with Gasteiger partial charge in [0, 0.05) is 10.9 Å². The van der Waals surface area contributed by atoms with Crippen LogP contribution in [0.4, 0.5) is 0 Å². The Labute approximate surface area is 106 Å². The molecule has 1 aliphatic heterocycles. The minimum Gasteiger partial charge on any atom is -0.316 e. The maximum Gasteiger partial charge on any atom is 0.0931 e. The maximum atomic E-state index is 5.93. The fraction of sp³-hybridized carbons (Fsp3) is 0.667. The van der Waals surface area contributed by atoms with Gasteiger partial charge in [-0.05, 0) is 57.5 Å². The van der Waals surface area contributed by atoms with E-state index in [4.69, 9.17) is 11.6 Å². The lowest BCUT2D eigenvalue weighted by atomic mass is 9.99. The molecule has 0 aliphatic carbocycles. The molecule has 2 nitrogen and oxygen atoms in total. The number of hydrogen-bond acceptors (Lipinski definition) is 3. The second-order valence-corrected chi connectivity index (χ2v) is 6.23. The Bertz CT molecular complexity index is 321. The van der Waals surface area contributed by atoms with Gasteiger partial charge in [0.05, 0.1) is 4.34 Å². The first-order valence-electron chi connectivity index (χ1n) is 5.95. The fourth-order valence-corrected chi connectivity index (χ4v) is 3.19. The maximum absolute atomic E-state index is 5.93. The van der Waals surface area contributed by atoms with Crippen LogP contribution >= 0.6 is 22.9 Å². The van der Waals surface area contributed by atoms with Crippen molar-refractivity contribution in [2.45, 2.75) is 25.8 Å². The van der Waals surface area contributed by atoms with Crippen molar-refractivity contribution in [3.63, 3.8) is 0 Å². The minimum atomic E-state index is 0.416. The van der Waals surface area contributed by atoms with E-state index in [1.54, 1.807) is 11.3 Å². The quantitative estimate of drug-likeness (QED) is 0.868.